The normalized spacial score (nSPS) is 13.5. The Labute approximate surface area is 179 Å². The molecule has 0 saturated carbocycles. The van der Waals surface area contributed by atoms with Gasteiger partial charge in [-0.1, -0.05) is 17.4 Å². The number of aryl methyl sites for hydroxylation is 1. The molecule has 1 aromatic heterocycles. The Morgan fingerprint density at radius 1 is 1.18 bits per heavy atom. The van der Waals surface area contributed by atoms with Crippen LogP contribution in [0.3, 0.4) is 0 Å². The highest BCUT2D eigenvalue weighted by Gasteiger charge is 2.16. The van der Waals surface area contributed by atoms with Crippen LogP contribution in [-0.2, 0) is 4.74 Å². The number of anilines is 3. The van der Waals surface area contributed by atoms with E-state index in [2.05, 4.69) is 10.2 Å². The summed E-state index contributed by atoms with van der Waals surface area (Å²) in [6, 6.07) is 11.1. The molecule has 2 heterocycles. The van der Waals surface area contributed by atoms with Crippen LogP contribution in [0, 0.1) is 6.92 Å². The molecule has 3 aromatic rings. The molecular formula is C19H22Cl2N4O2S. The number of benzene rings is 2. The first-order valence-corrected chi connectivity index (χ1v) is 9.32. The number of ether oxygens (including phenoxy) is 1. The zero-order valence-corrected chi connectivity index (χ0v) is 17.8. The van der Waals surface area contributed by atoms with Crippen molar-refractivity contribution in [3.05, 3.63) is 47.5 Å². The average Bonchev–Trinajstić information content (AvgIpc) is 3.08. The van der Waals surface area contributed by atoms with E-state index in [4.69, 9.17) is 15.5 Å². The highest BCUT2D eigenvalue weighted by molar-refractivity contribution is 7.22. The number of halogens is 2. The maximum atomic E-state index is 12.6. The number of morpholine rings is 1. The summed E-state index contributed by atoms with van der Waals surface area (Å²) in [7, 11) is 0. The number of thiazole rings is 1. The molecule has 0 aliphatic carbocycles. The second-order valence-electron chi connectivity index (χ2n) is 6.31. The number of carbonyl (C=O) groups is 1. The molecule has 150 valence electrons. The smallest absolute Gasteiger partial charge is 0.256 e. The van der Waals surface area contributed by atoms with E-state index in [1.165, 1.54) is 0 Å². The molecule has 28 heavy (non-hydrogen) atoms. The molecule has 1 fully saturated rings. The quantitative estimate of drug-likeness (QED) is 0.598. The maximum absolute atomic E-state index is 12.6. The van der Waals surface area contributed by atoms with Gasteiger partial charge in [0.05, 0.1) is 23.4 Å². The fraction of sp³-hybridized carbons (Fsp3) is 0.263. The third kappa shape index (κ3) is 4.67. The van der Waals surface area contributed by atoms with E-state index < -0.39 is 0 Å². The van der Waals surface area contributed by atoms with Crippen LogP contribution in [0.1, 0.15) is 15.9 Å². The molecule has 0 atom stereocenters. The van der Waals surface area contributed by atoms with Crippen molar-refractivity contribution in [2.24, 2.45) is 0 Å². The summed E-state index contributed by atoms with van der Waals surface area (Å²) in [4.78, 5) is 19.5. The number of nitrogens with one attached hydrogen (secondary N) is 1. The van der Waals surface area contributed by atoms with Gasteiger partial charge in [-0.15, -0.1) is 24.8 Å². The van der Waals surface area contributed by atoms with Crippen molar-refractivity contribution < 1.29 is 9.53 Å². The fourth-order valence-electron chi connectivity index (χ4n) is 2.96. The Hall–Kier alpha value is -2.06. The van der Waals surface area contributed by atoms with Crippen molar-refractivity contribution in [1.82, 2.24) is 4.98 Å². The predicted octanol–water partition coefficient (Wildman–Crippen LogP) is 4.12. The second-order valence-corrected chi connectivity index (χ2v) is 7.32. The summed E-state index contributed by atoms with van der Waals surface area (Å²) >= 11 is 1.63. The average molecular weight is 441 g/mol. The first-order valence-electron chi connectivity index (χ1n) is 8.51. The van der Waals surface area contributed by atoms with Gasteiger partial charge < -0.3 is 20.7 Å². The minimum absolute atomic E-state index is 0. The molecule has 1 amide bonds. The lowest BCUT2D eigenvalue weighted by atomic mass is 10.1. The Morgan fingerprint density at radius 2 is 1.93 bits per heavy atom. The topological polar surface area (TPSA) is 80.5 Å². The van der Waals surface area contributed by atoms with Crippen molar-refractivity contribution in [2.45, 2.75) is 6.92 Å². The first kappa shape index (κ1) is 22.2. The van der Waals surface area contributed by atoms with Crippen LogP contribution in [0.5, 0.6) is 0 Å². The minimum atomic E-state index is -0.160. The van der Waals surface area contributed by atoms with E-state index >= 15 is 0 Å². The van der Waals surface area contributed by atoms with Crippen LogP contribution < -0.4 is 16.0 Å². The zero-order valence-electron chi connectivity index (χ0n) is 15.3. The van der Waals surface area contributed by atoms with E-state index in [0.29, 0.717) is 11.3 Å². The number of fused-ring (bicyclic) bond motifs is 1. The molecule has 3 N–H and O–H groups in total. The lowest BCUT2D eigenvalue weighted by molar-refractivity contribution is 0.102. The molecule has 1 aliphatic rings. The summed E-state index contributed by atoms with van der Waals surface area (Å²) in [5.74, 6) is -0.160. The summed E-state index contributed by atoms with van der Waals surface area (Å²) < 4.78 is 6.45. The number of nitrogens with zero attached hydrogens (tertiary/aromatic N) is 2. The van der Waals surface area contributed by atoms with Gasteiger partial charge >= 0.3 is 0 Å². The number of hydrogen-bond donors (Lipinski definition) is 2. The van der Waals surface area contributed by atoms with Crippen LogP contribution in [0.15, 0.2) is 36.4 Å². The number of nitrogen functional groups attached to an aromatic ring is 1. The molecule has 9 heteroatoms. The number of aromatic nitrogens is 1. The third-order valence-electron chi connectivity index (χ3n) is 4.42. The molecule has 0 radical (unpaired) electrons. The van der Waals surface area contributed by atoms with Gasteiger partial charge in [-0.2, -0.15) is 0 Å². The minimum Gasteiger partial charge on any atom is -0.399 e. The number of hydrogen-bond acceptors (Lipinski definition) is 6. The van der Waals surface area contributed by atoms with Crippen LogP contribution in [-0.4, -0.2) is 37.2 Å². The van der Waals surface area contributed by atoms with E-state index in [1.54, 1.807) is 23.5 Å². The molecule has 6 nitrogen and oxygen atoms in total. The Morgan fingerprint density at radius 3 is 2.68 bits per heavy atom. The number of nitrogens with two attached hydrogens (primary N) is 1. The van der Waals surface area contributed by atoms with Crippen LogP contribution in [0.4, 0.5) is 16.5 Å². The molecule has 1 saturated heterocycles. The standard InChI is InChI=1S/C19H20N4O2S.2ClH/c1-12-2-3-13(20)10-15(12)18(24)21-14-4-5-16-17(11-14)26-19(22-16)23-6-8-25-9-7-23;;/h2-5,10-11H,6-9,20H2,1H3,(H,21,24);2*1H. The van der Waals surface area contributed by atoms with E-state index in [9.17, 15) is 4.79 Å². The molecule has 0 spiro atoms. The van der Waals surface area contributed by atoms with Crippen molar-refractivity contribution in [3.63, 3.8) is 0 Å². The molecule has 0 bridgehead atoms. The Balaban J connectivity index is 0.00000140. The summed E-state index contributed by atoms with van der Waals surface area (Å²) in [6.07, 6.45) is 0. The van der Waals surface area contributed by atoms with Crippen LogP contribution in [0.25, 0.3) is 10.2 Å². The molecule has 2 aromatic carbocycles. The van der Waals surface area contributed by atoms with Gasteiger partial charge in [0.2, 0.25) is 0 Å². The van der Waals surface area contributed by atoms with Gasteiger partial charge in [0.25, 0.3) is 5.91 Å². The van der Waals surface area contributed by atoms with Gasteiger partial charge in [0.1, 0.15) is 0 Å². The zero-order chi connectivity index (χ0) is 18.1. The monoisotopic (exact) mass is 440 g/mol. The van der Waals surface area contributed by atoms with Crippen molar-refractivity contribution in [2.75, 3.05) is 42.3 Å². The molecule has 4 rings (SSSR count). The summed E-state index contributed by atoms with van der Waals surface area (Å²) in [6.45, 7) is 5.08. The lowest BCUT2D eigenvalue weighted by Crippen LogP contribution is -2.36. The highest BCUT2D eigenvalue weighted by atomic mass is 35.5. The van der Waals surface area contributed by atoms with Gasteiger partial charge in [0.15, 0.2) is 5.13 Å². The van der Waals surface area contributed by atoms with Gasteiger partial charge in [-0.05, 0) is 42.8 Å². The maximum Gasteiger partial charge on any atom is 0.256 e. The molecular weight excluding hydrogens is 419 g/mol. The van der Waals surface area contributed by atoms with E-state index in [0.717, 1.165) is 52.9 Å². The summed E-state index contributed by atoms with van der Waals surface area (Å²) in [5, 5.41) is 3.96. The number of rotatable bonds is 3. The largest absolute Gasteiger partial charge is 0.399 e. The predicted molar refractivity (Wildman–Crippen MR) is 121 cm³/mol. The second kappa shape index (κ2) is 9.43. The van der Waals surface area contributed by atoms with Crippen LogP contribution in [0.2, 0.25) is 0 Å². The number of carbonyl (C=O) groups excluding carboxylic acids is 1. The van der Waals surface area contributed by atoms with E-state index in [-0.39, 0.29) is 30.7 Å². The van der Waals surface area contributed by atoms with Crippen molar-refractivity contribution in [1.29, 1.82) is 0 Å². The highest BCUT2D eigenvalue weighted by Crippen LogP contribution is 2.31. The van der Waals surface area contributed by atoms with E-state index in [1.807, 2.05) is 31.2 Å². The van der Waals surface area contributed by atoms with Gasteiger partial charge in [-0.3, -0.25) is 4.79 Å². The Kier molecular flexibility index (Phi) is 7.48. The third-order valence-corrected chi connectivity index (χ3v) is 5.50. The lowest BCUT2D eigenvalue weighted by Gasteiger charge is -2.25. The van der Waals surface area contributed by atoms with Crippen molar-refractivity contribution >= 4 is 68.8 Å². The Bertz CT molecular complexity index is 974. The fourth-order valence-corrected chi connectivity index (χ4v) is 4.02. The number of amides is 1. The van der Waals surface area contributed by atoms with Gasteiger partial charge in [0, 0.05) is 30.0 Å². The van der Waals surface area contributed by atoms with Crippen molar-refractivity contribution in [3.8, 4) is 0 Å². The summed E-state index contributed by atoms with van der Waals surface area (Å²) in [5.41, 5.74) is 9.56. The SMILES string of the molecule is Cc1ccc(N)cc1C(=O)Nc1ccc2nc(N3CCOCC3)sc2c1.Cl.Cl. The molecule has 1 aliphatic heterocycles. The van der Waals surface area contributed by atoms with Crippen LogP contribution >= 0.6 is 36.2 Å². The van der Waals surface area contributed by atoms with Gasteiger partial charge in [-0.25, -0.2) is 4.98 Å². The molecule has 0 unspecified atom stereocenters. The first-order chi connectivity index (χ1) is 12.6.